The Morgan fingerprint density at radius 1 is 1.14 bits per heavy atom. The van der Waals surface area contributed by atoms with E-state index < -0.39 is 22.0 Å². The van der Waals surface area contributed by atoms with Gasteiger partial charge >= 0.3 is 12.0 Å². The number of methoxy groups -OCH3 is 1. The van der Waals surface area contributed by atoms with Crippen molar-refractivity contribution in [1.82, 2.24) is 19.7 Å². The van der Waals surface area contributed by atoms with Gasteiger partial charge in [-0.05, 0) is 25.5 Å². The number of nitrogens with zero attached hydrogens (tertiary/aromatic N) is 3. The second-order valence-electron chi connectivity index (χ2n) is 5.59. The molecule has 0 bridgehead atoms. The standard InChI is InChI=1S/C16H19ClN6O5S/c1-10-18-14(22-16(19-10)28-2)21-15(25)23-29(26,27)12-7-4-3-6-11(12)20-13(24)8-5-9-17/h3-4,6-7H,5,8-9H2,1-2H3,(H,20,24)(H2,18,19,21,22,23,25). The molecule has 0 atom stereocenters. The van der Waals surface area contributed by atoms with E-state index in [1.807, 2.05) is 4.72 Å². The highest BCUT2D eigenvalue weighted by molar-refractivity contribution is 7.90. The van der Waals surface area contributed by atoms with Gasteiger partial charge in [0.1, 0.15) is 10.7 Å². The van der Waals surface area contributed by atoms with Crippen molar-refractivity contribution in [2.75, 3.05) is 23.6 Å². The van der Waals surface area contributed by atoms with Crippen LogP contribution in [0.4, 0.5) is 16.4 Å². The van der Waals surface area contributed by atoms with Gasteiger partial charge < -0.3 is 10.1 Å². The molecule has 0 saturated carbocycles. The molecule has 0 aliphatic heterocycles. The topological polar surface area (TPSA) is 152 Å². The first-order chi connectivity index (χ1) is 13.7. The number of sulfonamides is 1. The second-order valence-corrected chi connectivity index (χ2v) is 7.62. The number of urea groups is 1. The molecule has 1 aromatic heterocycles. The van der Waals surface area contributed by atoms with Crippen LogP contribution < -0.4 is 20.1 Å². The summed E-state index contributed by atoms with van der Waals surface area (Å²) >= 11 is 5.55. The van der Waals surface area contributed by atoms with E-state index in [1.54, 1.807) is 13.0 Å². The van der Waals surface area contributed by atoms with Crippen LogP contribution in [0.15, 0.2) is 29.2 Å². The lowest BCUT2D eigenvalue weighted by molar-refractivity contribution is -0.116. The number of aromatic nitrogens is 3. The van der Waals surface area contributed by atoms with Gasteiger partial charge in [-0.25, -0.2) is 17.9 Å². The van der Waals surface area contributed by atoms with Crippen LogP contribution >= 0.6 is 11.6 Å². The Kier molecular flexibility index (Phi) is 7.67. The minimum Gasteiger partial charge on any atom is -0.467 e. The summed E-state index contributed by atoms with van der Waals surface area (Å²) in [5, 5.41) is 4.70. The lowest BCUT2D eigenvalue weighted by atomic mass is 10.3. The molecule has 2 rings (SSSR count). The summed E-state index contributed by atoms with van der Waals surface area (Å²) < 4.78 is 31.9. The molecule has 0 aliphatic carbocycles. The van der Waals surface area contributed by atoms with Crippen LogP contribution in [0.25, 0.3) is 0 Å². The molecule has 0 spiro atoms. The number of aryl methyl sites for hydroxylation is 1. The fourth-order valence-corrected chi connectivity index (χ4v) is 3.36. The van der Waals surface area contributed by atoms with E-state index in [4.69, 9.17) is 16.3 Å². The number of para-hydroxylation sites is 1. The largest absolute Gasteiger partial charge is 0.467 e. The number of anilines is 2. The number of amides is 3. The number of halogens is 1. The van der Waals surface area contributed by atoms with E-state index in [9.17, 15) is 18.0 Å². The third kappa shape index (κ3) is 6.54. The van der Waals surface area contributed by atoms with Crippen molar-refractivity contribution in [3.8, 4) is 6.01 Å². The molecule has 0 aliphatic rings. The first kappa shape index (κ1) is 22.3. The Labute approximate surface area is 172 Å². The summed E-state index contributed by atoms with van der Waals surface area (Å²) in [6.45, 7) is 1.55. The Hall–Kier alpha value is -2.99. The van der Waals surface area contributed by atoms with E-state index >= 15 is 0 Å². The molecular weight excluding hydrogens is 424 g/mol. The number of rotatable bonds is 8. The summed E-state index contributed by atoms with van der Waals surface area (Å²) in [6.07, 6.45) is 0.574. The maximum Gasteiger partial charge on any atom is 0.335 e. The van der Waals surface area contributed by atoms with Gasteiger partial charge in [0.15, 0.2) is 0 Å². The van der Waals surface area contributed by atoms with Crippen LogP contribution in [-0.2, 0) is 14.8 Å². The Morgan fingerprint density at radius 2 is 1.86 bits per heavy atom. The van der Waals surface area contributed by atoms with Crippen molar-refractivity contribution in [3.05, 3.63) is 30.1 Å². The average Bonchev–Trinajstić information content (AvgIpc) is 2.65. The predicted octanol–water partition coefficient (Wildman–Crippen LogP) is 1.66. The summed E-state index contributed by atoms with van der Waals surface area (Å²) in [5.41, 5.74) is 0.0325. The molecule has 0 saturated heterocycles. The van der Waals surface area contributed by atoms with E-state index in [2.05, 4.69) is 25.6 Å². The average molecular weight is 443 g/mol. The van der Waals surface area contributed by atoms with Gasteiger partial charge in [0.25, 0.3) is 10.0 Å². The number of carbonyl (C=O) groups is 2. The maximum absolute atomic E-state index is 12.6. The first-order valence-electron chi connectivity index (χ1n) is 8.30. The summed E-state index contributed by atoms with van der Waals surface area (Å²) in [6, 6.07) is 4.53. The van der Waals surface area contributed by atoms with Gasteiger partial charge in [-0.2, -0.15) is 15.0 Å². The highest BCUT2D eigenvalue weighted by atomic mass is 35.5. The number of carbonyl (C=O) groups excluding carboxylic acids is 2. The van der Waals surface area contributed by atoms with Crippen molar-refractivity contribution < 1.29 is 22.7 Å². The van der Waals surface area contributed by atoms with Crippen molar-refractivity contribution in [2.45, 2.75) is 24.7 Å². The minimum absolute atomic E-state index is 0.0325. The highest BCUT2D eigenvalue weighted by Crippen LogP contribution is 2.21. The van der Waals surface area contributed by atoms with Crippen molar-refractivity contribution in [3.63, 3.8) is 0 Å². The van der Waals surface area contributed by atoms with Crippen molar-refractivity contribution in [1.29, 1.82) is 0 Å². The van der Waals surface area contributed by atoms with Gasteiger partial charge in [-0.3, -0.25) is 10.1 Å². The number of nitrogens with one attached hydrogen (secondary N) is 3. The highest BCUT2D eigenvalue weighted by Gasteiger charge is 2.22. The molecule has 1 heterocycles. The summed E-state index contributed by atoms with van der Waals surface area (Å²) in [5.74, 6) is -0.0218. The van der Waals surface area contributed by atoms with E-state index in [-0.39, 0.29) is 34.8 Å². The number of alkyl halides is 1. The molecule has 3 amide bonds. The van der Waals surface area contributed by atoms with Crippen LogP contribution in [0.2, 0.25) is 0 Å². The Balaban J connectivity index is 2.16. The normalized spacial score (nSPS) is 10.9. The molecule has 11 nitrogen and oxygen atoms in total. The molecule has 1 aromatic carbocycles. The van der Waals surface area contributed by atoms with Gasteiger partial charge in [0.05, 0.1) is 12.8 Å². The van der Waals surface area contributed by atoms with Crippen LogP contribution in [0, 0.1) is 6.92 Å². The predicted molar refractivity (Wildman–Crippen MR) is 105 cm³/mol. The maximum atomic E-state index is 12.6. The molecule has 3 N–H and O–H groups in total. The van der Waals surface area contributed by atoms with E-state index in [1.165, 1.54) is 25.3 Å². The summed E-state index contributed by atoms with van der Waals surface area (Å²) in [4.78, 5) is 35.3. The molecule has 13 heteroatoms. The number of benzene rings is 1. The monoisotopic (exact) mass is 442 g/mol. The molecule has 0 radical (unpaired) electrons. The fraction of sp³-hybridized carbons (Fsp3) is 0.312. The lowest BCUT2D eigenvalue weighted by Gasteiger charge is -2.13. The Morgan fingerprint density at radius 3 is 2.55 bits per heavy atom. The quantitative estimate of drug-likeness (QED) is 0.522. The van der Waals surface area contributed by atoms with E-state index in [0.717, 1.165) is 0 Å². The number of hydrogen-bond donors (Lipinski definition) is 3. The van der Waals surface area contributed by atoms with Gasteiger partial charge in [-0.15, -0.1) is 11.6 Å². The number of hydrogen-bond acceptors (Lipinski definition) is 8. The van der Waals surface area contributed by atoms with Gasteiger partial charge in [0.2, 0.25) is 11.9 Å². The van der Waals surface area contributed by atoms with Crippen LogP contribution in [0.3, 0.4) is 0 Å². The van der Waals surface area contributed by atoms with Crippen LogP contribution in [0.5, 0.6) is 6.01 Å². The minimum atomic E-state index is -4.31. The van der Waals surface area contributed by atoms with Gasteiger partial charge in [0, 0.05) is 12.3 Å². The third-order valence-electron chi connectivity index (χ3n) is 3.35. The molecule has 29 heavy (non-hydrogen) atoms. The molecular formula is C16H19ClN6O5S. The zero-order chi connectivity index (χ0) is 21.4. The Bertz CT molecular complexity index is 1000. The van der Waals surface area contributed by atoms with Crippen LogP contribution in [0.1, 0.15) is 18.7 Å². The lowest BCUT2D eigenvalue weighted by Crippen LogP contribution is -2.35. The second kappa shape index (κ2) is 9.98. The van der Waals surface area contributed by atoms with Crippen molar-refractivity contribution in [2.24, 2.45) is 0 Å². The summed E-state index contributed by atoms with van der Waals surface area (Å²) in [7, 11) is -2.97. The smallest absolute Gasteiger partial charge is 0.335 e. The van der Waals surface area contributed by atoms with Crippen LogP contribution in [-0.4, -0.2) is 48.3 Å². The zero-order valence-corrected chi connectivity index (χ0v) is 17.2. The first-order valence-corrected chi connectivity index (χ1v) is 10.3. The SMILES string of the molecule is COc1nc(C)nc(NC(=O)NS(=O)(=O)c2ccccc2NC(=O)CCCCl)n1. The zero-order valence-electron chi connectivity index (χ0n) is 15.6. The molecule has 2 aromatic rings. The molecule has 0 unspecified atom stereocenters. The van der Waals surface area contributed by atoms with Gasteiger partial charge in [-0.1, -0.05) is 12.1 Å². The third-order valence-corrected chi connectivity index (χ3v) is 5.01. The number of ether oxygens (including phenoxy) is 1. The fourth-order valence-electron chi connectivity index (χ4n) is 2.15. The molecule has 156 valence electrons. The molecule has 0 fully saturated rings. The van der Waals surface area contributed by atoms with Crippen molar-refractivity contribution >= 4 is 45.2 Å². The van der Waals surface area contributed by atoms with E-state index in [0.29, 0.717) is 12.3 Å².